The van der Waals surface area contributed by atoms with E-state index in [0.717, 1.165) is 40.8 Å². The van der Waals surface area contributed by atoms with Gasteiger partial charge in [-0.2, -0.15) is 0 Å². The van der Waals surface area contributed by atoms with Gasteiger partial charge in [-0.3, -0.25) is 10.1 Å². The van der Waals surface area contributed by atoms with Crippen LogP contribution in [0.3, 0.4) is 0 Å². The molecule has 1 saturated carbocycles. The number of aromatic nitrogens is 1. The molecular weight excluding hydrogens is 390 g/mol. The standard InChI is InChI=1S/C21H19N3O4S/c1-13-17(7-10-29-13)18-11-16(24(27)28)12-22-19(18)14-3-5-15(6-4-14)21(8-2-9-21)23-20(25)26/h3-7,10-12,23H,2,8-9H2,1H3,(H,25,26). The average molecular weight is 409 g/mol. The molecule has 1 aliphatic rings. The summed E-state index contributed by atoms with van der Waals surface area (Å²) in [5.74, 6) is 0. The van der Waals surface area contributed by atoms with E-state index in [4.69, 9.17) is 0 Å². The van der Waals surface area contributed by atoms with Gasteiger partial charge >= 0.3 is 6.09 Å². The van der Waals surface area contributed by atoms with E-state index in [1.165, 1.54) is 6.20 Å². The highest BCUT2D eigenvalue weighted by Crippen LogP contribution is 2.42. The number of carboxylic acid groups (broad SMARTS) is 1. The summed E-state index contributed by atoms with van der Waals surface area (Å²) < 4.78 is 0. The van der Waals surface area contributed by atoms with Crippen molar-refractivity contribution in [3.8, 4) is 22.4 Å². The molecule has 0 spiro atoms. The molecule has 0 atom stereocenters. The molecule has 2 N–H and O–H groups in total. The van der Waals surface area contributed by atoms with Crippen molar-refractivity contribution in [2.75, 3.05) is 0 Å². The highest BCUT2D eigenvalue weighted by atomic mass is 32.1. The van der Waals surface area contributed by atoms with Gasteiger partial charge in [0, 0.05) is 22.1 Å². The normalized spacial score (nSPS) is 14.8. The van der Waals surface area contributed by atoms with Gasteiger partial charge in [-0.25, -0.2) is 9.78 Å². The number of amides is 1. The molecule has 8 heteroatoms. The Morgan fingerprint density at radius 2 is 1.97 bits per heavy atom. The summed E-state index contributed by atoms with van der Waals surface area (Å²) in [5, 5.41) is 25.0. The minimum atomic E-state index is -1.03. The van der Waals surface area contributed by atoms with E-state index >= 15 is 0 Å². The lowest BCUT2D eigenvalue weighted by atomic mass is 9.71. The molecule has 0 bridgehead atoms. The fourth-order valence-electron chi connectivity index (χ4n) is 3.82. The van der Waals surface area contributed by atoms with Crippen LogP contribution in [0, 0.1) is 17.0 Å². The van der Waals surface area contributed by atoms with Gasteiger partial charge in [0.05, 0.1) is 16.2 Å². The smallest absolute Gasteiger partial charge is 0.405 e. The number of hydrogen-bond acceptors (Lipinski definition) is 5. The number of pyridine rings is 1. The van der Waals surface area contributed by atoms with Crippen LogP contribution in [0.2, 0.25) is 0 Å². The highest BCUT2D eigenvalue weighted by molar-refractivity contribution is 7.10. The van der Waals surface area contributed by atoms with Crippen molar-refractivity contribution in [3.63, 3.8) is 0 Å². The van der Waals surface area contributed by atoms with Gasteiger partial charge in [-0.1, -0.05) is 24.3 Å². The molecule has 29 heavy (non-hydrogen) atoms. The molecular formula is C21H19N3O4S. The molecule has 1 aliphatic carbocycles. The Balaban J connectivity index is 1.76. The number of nitrogens with zero attached hydrogens (tertiary/aromatic N) is 2. The lowest BCUT2D eigenvalue weighted by Crippen LogP contribution is -2.50. The molecule has 1 aromatic carbocycles. The van der Waals surface area contributed by atoms with Crippen LogP contribution < -0.4 is 5.32 Å². The van der Waals surface area contributed by atoms with E-state index < -0.39 is 16.6 Å². The minimum absolute atomic E-state index is 0.0509. The molecule has 0 radical (unpaired) electrons. The van der Waals surface area contributed by atoms with Crippen molar-refractivity contribution in [2.45, 2.75) is 31.7 Å². The molecule has 2 heterocycles. The first-order valence-electron chi connectivity index (χ1n) is 9.20. The number of thiophene rings is 1. The van der Waals surface area contributed by atoms with Crippen molar-refractivity contribution in [1.82, 2.24) is 10.3 Å². The van der Waals surface area contributed by atoms with Gasteiger partial charge in [-0.05, 0) is 48.8 Å². The Labute approximate surface area is 171 Å². The number of hydrogen-bond donors (Lipinski definition) is 2. The quantitative estimate of drug-likeness (QED) is 0.437. The Bertz CT molecular complexity index is 1090. The monoisotopic (exact) mass is 409 g/mol. The molecule has 0 unspecified atom stereocenters. The first kappa shape index (κ1) is 19.1. The largest absolute Gasteiger partial charge is 0.465 e. The zero-order chi connectivity index (χ0) is 20.6. The zero-order valence-corrected chi connectivity index (χ0v) is 16.5. The van der Waals surface area contributed by atoms with Crippen molar-refractivity contribution < 1.29 is 14.8 Å². The van der Waals surface area contributed by atoms with E-state index in [0.29, 0.717) is 11.3 Å². The van der Waals surface area contributed by atoms with Crippen molar-refractivity contribution in [1.29, 1.82) is 0 Å². The second-order valence-electron chi connectivity index (χ2n) is 7.18. The maximum absolute atomic E-state index is 11.3. The van der Waals surface area contributed by atoms with E-state index in [2.05, 4.69) is 10.3 Å². The minimum Gasteiger partial charge on any atom is -0.465 e. The van der Waals surface area contributed by atoms with Crippen LogP contribution in [0.25, 0.3) is 22.4 Å². The van der Waals surface area contributed by atoms with Crippen LogP contribution in [0.5, 0.6) is 0 Å². The molecule has 3 aromatic rings. The van der Waals surface area contributed by atoms with Gasteiger partial charge < -0.3 is 10.4 Å². The van der Waals surface area contributed by atoms with E-state index in [1.807, 2.05) is 42.6 Å². The topological polar surface area (TPSA) is 105 Å². The number of benzene rings is 1. The third kappa shape index (κ3) is 3.47. The Kier molecular flexibility index (Phi) is 4.79. The molecule has 2 aromatic heterocycles. The predicted octanol–water partition coefficient (Wildman–Crippen LogP) is 5.34. The Hall–Kier alpha value is -3.26. The fraction of sp³-hybridized carbons (Fsp3) is 0.238. The van der Waals surface area contributed by atoms with Crippen LogP contribution in [0.4, 0.5) is 10.5 Å². The van der Waals surface area contributed by atoms with E-state index in [9.17, 15) is 20.0 Å². The molecule has 0 saturated heterocycles. The van der Waals surface area contributed by atoms with Crippen LogP contribution >= 0.6 is 11.3 Å². The number of nitrogens with one attached hydrogen (secondary N) is 1. The summed E-state index contributed by atoms with van der Waals surface area (Å²) in [7, 11) is 0. The molecule has 7 nitrogen and oxygen atoms in total. The zero-order valence-electron chi connectivity index (χ0n) is 15.7. The SMILES string of the molecule is Cc1sccc1-c1cc([N+](=O)[O-])cnc1-c1ccc(C2(NC(=O)O)CCC2)cc1. The lowest BCUT2D eigenvalue weighted by Gasteiger charge is -2.42. The summed E-state index contributed by atoms with van der Waals surface area (Å²) >= 11 is 1.58. The highest BCUT2D eigenvalue weighted by Gasteiger charge is 2.40. The van der Waals surface area contributed by atoms with Crippen LogP contribution in [0.1, 0.15) is 29.7 Å². The third-order valence-corrected chi connectivity index (χ3v) is 6.34. The molecule has 4 rings (SSSR count). The third-order valence-electron chi connectivity index (χ3n) is 5.50. The summed E-state index contributed by atoms with van der Waals surface area (Å²) in [4.78, 5) is 27.5. The van der Waals surface area contributed by atoms with Crippen molar-refractivity contribution >= 4 is 23.1 Å². The van der Waals surface area contributed by atoms with Gasteiger partial charge in [0.15, 0.2) is 0 Å². The van der Waals surface area contributed by atoms with E-state index in [1.54, 1.807) is 17.4 Å². The Morgan fingerprint density at radius 3 is 2.48 bits per heavy atom. The second-order valence-corrected chi connectivity index (χ2v) is 8.30. The van der Waals surface area contributed by atoms with E-state index in [-0.39, 0.29) is 5.69 Å². The van der Waals surface area contributed by atoms with Crippen LogP contribution in [0.15, 0.2) is 48.0 Å². The molecule has 1 amide bonds. The first-order chi connectivity index (χ1) is 13.9. The van der Waals surface area contributed by atoms with Gasteiger partial charge in [-0.15, -0.1) is 11.3 Å². The maximum Gasteiger partial charge on any atom is 0.405 e. The van der Waals surface area contributed by atoms with Crippen LogP contribution in [-0.2, 0) is 5.54 Å². The van der Waals surface area contributed by atoms with Gasteiger partial charge in [0.2, 0.25) is 0 Å². The van der Waals surface area contributed by atoms with Gasteiger partial charge in [0.25, 0.3) is 5.69 Å². The fourth-order valence-corrected chi connectivity index (χ4v) is 4.53. The Morgan fingerprint density at radius 1 is 1.24 bits per heavy atom. The maximum atomic E-state index is 11.3. The summed E-state index contributed by atoms with van der Waals surface area (Å²) in [6.07, 6.45) is 2.77. The van der Waals surface area contributed by atoms with Crippen LogP contribution in [-0.4, -0.2) is 21.1 Å². The predicted molar refractivity (Wildman–Crippen MR) is 111 cm³/mol. The summed E-state index contributed by atoms with van der Waals surface area (Å²) in [6.45, 7) is 1.98. The van der Waals surface area contributed by atoms with Crippen molar-refractivity contribution in [2.24, 2.45) is 0 Å². The number of nitro groups is 1. The second kappa shape index (κ2) is 7.29. The first-order valence-corrected chi connectivity index (χ1v) is 10.1. The summed E-state index contributed by atoms with van der Waals surface area (Å²) in [5.41, 5.74) is 3.47. The molecule has 0 aliphatic heterocycles. The lowest BCUT2D eigenvalue weighted by molar-refractivity contribution is -0.385. The number of carbonyl (C=O) groups is 1. The summed E-state index contributed by atoms with van der Waals surface area (Å²) in [6, 6.07) is 11.1. The molecule has 1 fully saturated rings. The number of aryl methyl sites for hydroxylation is 1. The molecule has 148 valence electrons. The number of rotatable bonds is 5. The average Bonchev–Trinajstić information content (AvgIpc) is 3.10. The van der Waals surface area contributed by atoms with Gasteiger partial charge in [0.1, 0.15) is 6.20 Å². The van der Waals surface area contributed by atoms with Crippen molar-refractivity contribution in [3.05, 3.63) is 68.5 Å².